The fourth-order valence-corrected chi connectivity index (χ4v) is 1.82. The van der Waals surface area contributed by atoms with E-state index in [0.29, 0.717) is 12.3 Å². The Morgan fingerprint density at radius 1 is 1.30 bits per heavy atom. The number of hydrogen-bond donors (Lipinski definition) is 2. The van der Waals surface area contributed by atoms with Crippen molar-refractivity contribution >= 4 is 23.6 Å². The minimum atomic E-state index is -0.706. The van der Waals surface area contributed by atoms with E-state index in [0.717, 1.165) is 11.1 Å². The van der Waals surface area contributed by atoms with Crippen molar-refractivity contribution in [2.75, 3.05) is 0 Å². The molecular formula is C14H15N3O3. The number of carbonyl (C=O) groups excluding carboxylic acids is 3. The van der Waals surface area contributed by atoms with Crippen molar-refractivity contribution in [3.8, 4) is 0 Å². The third kappa shape index (κ3) is 4.01. The van der Waals surface area contributed by atoms with Gasteiger partial charge in [0.1, 0.15) is 0 Å². The van der Waals surface area contributed by atoms with Crippen molar-refractivity contribution in [3.63, 3.8) is 0 Å². The van der Waals surface area contributed by atoms with Crippen molar-refractivity contribution < 1.29 is 14.4 Å². The molecule has 0 fully saturated rings. The number of nitrogens with zero attached hydrogens (tertiary/aromatic N) is 1. The molecule has 2 rings (SSSR count). The first-order chi connectivity index (χ1) is 9.52. The number of aryl methyl sites for hydroxylation is 1. The van der Waals surface area contributed by atoms with Gasteiger partial charge in [0.25, 0.3) is 0 Å². The maximum atomic E-state index is 11.7. The molecule has 0 spiro atoms. The molecule has 0 unspecified atom stereocenters. The van der Waals surface area contributed by atoms with Gasteiger partial charge in [-0.3, -0.25) is 14.9 Å². The lowest BCUT2D eigenvalue weighted by molar-refractivity contribution is -0.120. The molecule has 2 N–H and O–H groups in total. The van der Waals surface area contributed by atoms with Crippen LogP contribution in [-0.2, 0) is 16.1 Å². The minimum absolute atomic E-state index is 0.0102. The van der Waals surface area contributed by atoms with E-state index in [-0.39, 0.29) is 18.7 Å². The maximum Gasteiger partial charge on any atom is 0.347 e. The molecule has 20 heavy (non-hydrogen) atoms. The number of imide groups is 1. The molecule has 0 saturated heterocycles. The summed E-state index contributed by atoms with van der Waals surface area (Å²) in [5.74, 6) is -0.682. The molecule has 0 atom stereocenters. The van der Waals surface area contributed by atoms with Gasteiger partial charge in [0.2, 0.25) is 11.8 Å². The fraction of sp³-hybridized carbons (Fsp3) is 0.286. The Kier molecular flexibility index (Phi) is 4.24. The van der Waals surface area contributed by atoms with Crippen LogP contribution in [0.5, 0.6) is 0 Å². The largest absolute Gasteiger partial charge is 0.352 e. The zero-order valence-electron chi connectivity index (χ0n) is 11.1. The van der Waals surface area contributed by atoms with Gasteiger partial charge in [0.05, 0.1) is 12.8 Å². The summed E-state index contributed by atoms with van der Waals surface area (Å²) < 4.78 is 0. The monoisotopic (exact) mass is 273 g/mol. The highest BCUT2D eigenvalue weighted by molar-refractivity contribution is 6.18. The van der Waals surface area contributed by atoms with E-state index in [1.54, 1.807) is 0 Å². The second-order valence-corrected chi connectivity index (χ2v) is 4.65. The Labute approximate surface area is 116 Å². The summed E-state index contributed by atoms with van der Waals surface area (Å²) in [6.45, 7) is 2.40. The standard InChI is InChI=1S/C14H15N3O3/c1-9-2-4-10(5-3-9)8-15-12(18)6-11-7-13(19)17-14(20)16-11/h2-5H,6-8H2,1H3,(H,15,18)(H,17,19,20). The van der Waals surface area contributed by atoms with Gasteiger partial charge in [-0.1, -0.05) is 29.8 Å². The molecule has 0 aromatic heterocycles. The molecule has 6 heteroatoms. The third-order valence-electron chi connectivity index (χ3n) is 2.85. The summed E-state index contributed by atoms with van der Waals surface area (Å²) in [6, 6.07) is 7.10. The maximum absolute atomic E-state index is 11.7. The number of urea groups is 1. The molecular weight excluding hydrogens is 258 g/mol. The van der Waals surface area contributed by atoms with Gasteiger partial charge in [-0.2, -0.15) is 0 Å². The summed E-state index contributed by atoms with van der Waals surface area (Å²) in [5.41, 5.74) is 2.43. The number of benzene rings is 1. The van der Waals surface area contributed by atoms with E-state index < -0.39 is 11.9 Å². The number of nitrogens with one attached hydrogen (secondary N) is 2. The molecule has 4 amide bonds. The predicted octanol–water partition coefficient (Wildman–Crippen LogP) is 1.08. The van der Waals surface area contributed by atoms with E-state index in [9.17, 15) is 14.4 Å². The molecule has 6 nitrogen and oxygen atoms in total. The van der Waals surface area contributed by atoms with Crippen molar-refractivity contribution in [2.24, 2.45) is 4.99 Å². The molecule has 0 saturated carbocycles. The van der Waals surface area contributed by atoms with Gasteiger partial charge in [0, 0.05) is 12.3 Å². The molecule has 104 valence electrons. The number of hydrogen-bond acceptors (Lipinski definition) is 3. The van der Waals surface area contributed by atoms with Crippen LogP contribution < -0.4 is 10.6 Å². The highest BCUT2D eigenvalue weighted by atomic mass is 16.2. The second kappa shape index (κ2) is 6.10. The van der Waals surface area contributed by atoms with Gasteiger partial charge in [-0.15, -0.1) is 0 Å². The molecule has 1 aromatic carbocycles. The van der Waals surface area contributed by atoms with E-state index in [4.69, 9.17) is 0 Å². The van der Waals surface area contributed by atoms with E-state index in [1.165, 1.54) is 0 Å². The van der Waals surface area contributed by atoms with Crippen LogP contribution >= 0.6 is 0 Å². The normalized spacial score (nSPS) is 14.6. The van der Waals surface area contributed by atoms with Crippen LogP contribution in [-0.4, -0.2) is 23.6 Å². The number of carbonyl (C=O) groups is 3. The van der Waals surface area contributed by atoms with E-state index in [2.05, 4.69) is 10.3 Å². The second-order valence-electron chi connectivity index (χ2n) is 4.65. The van der Waals surface area contributed by atoms with Gasteiger partial charge in [-0.25, -0.2) is 9.79 Å². The third-order valence-corrected chi connectivity index (χ3v) is 2.85. The van der Waals surface area contributed by atoms with Crippen molar-refractivity contribution in [1.82, 2.24) is 10.6 Å². The lowest BCUT2D eigenvalue weighted by Crippen LogP contribution is -2.37. The van der Waals surface area contributed by atoms with Gasteiger partial charge >= 0.3 is 6.03 Å². The highest BCUT2D eigenvalue weighted by Crippen LogP contribution is 2.04. The van der Waals surface area contributed by atoms with E-state index in [1.807, 2.05) is 36.5 Å². The van der Waals surface area contributed by atoms with Crippen molar-refractivity contribution in [1.29, 1.82) is 0 Å². The summed E-state index contributed by atoms with van der Waals surface area (Å²) in [5, 5.41) is 4.78. The first-order valence-corrected chi connectivity index (χ1v) is 6.25. The zero-order chi connectivity index (χ0) is 14.5. The Hall–Kier alpha value is -2.50. The lowest BCUT2D eigenvalue weighted by Gasteiger charge is -2.11. The van der Waals surface area contributed by atoms with E-state index >= 15 is 0 Å². The van der Waals surface area contributed by atoms with Gasteiger partial charge in [-0.05, 0) is 12.5 Å². The summed E-state index contributed by atoms with van der Waals surface area (Å²) in [4.78, 5) is 37.5. The number of aliphatic imine (C=N–C) groups is 1. The Morgan fingerprint density at radius 2 is 2.00 bits per heavy atom. The summed E-state index contributed by atoms with van der Waals surface area (Å²) in [6.07, 6.45) is -0.0469. The van der Waals surface area contributed by atoms with Crippen LogP contribution in [0.2, 0.25) is 0 Å². The average Bonchev–Trinajstić information content (AvgIpc) is 2.37. The Bertz CT molecular complexity index is 576. The zero-order valence-corrected chi connectivity index (χ0v) is 11.1. The quantitative estimate of drug-likeness (QED) is 0.860. The first kappa shape index (κ1) is 13.9. The van der Waals surface area contributed by atoms with Crippen LogP contribution in [0.25, 0.3) is 0 Å². The summed E-state index contributed by atoms with van der Waals surface area (Å²) >= 11 is 0. The van der Waals surface area contributed by atoms with Crippen LogP contribution in [0.3, 0.4) is 0 Å². The van der Waals surface area contributed by atoms with Gasteiger partial charge < -0.3 is 5.32 Å². The molecule has 1 aliphatic heterocycles. The van der Waals surface area contributed by atoms with Crippen LogP contribution in [0.15, 0.2) is 29.3 Å². The Balaban J connectivity index is 1.85. The molecule has 1 heterocycles. The number of amides is 4. The minimum Gasteiger partial charge on any atom is -0.352 e. The summed E-state index contributed by atoms with van der Waals surface area (Å²) in [7, 11) is 0. The molecule has 0 radical (unpaired) electrons. The highest BCUT2D eigenvalue weighted by Gasteiger charge is 2.19. The van der Waals surface area contributed by atoms with Crippen LogP contribution in [0.1, 0.15) is 24.0 Å². The van der Waals surface area contributed by atoms with Gasteiger partial charge in [0.15, 0.2) is 0 Å². The Morgan fingerprint density at radius 3 is 2.65 bits per heavy atom. The topological polar surface area (TPSA) is 87.6 Å². The molecule has 1 aromatic rings. The SMILES string of the molecule is Cc1ccc(CNC(=O)CC2=NC(=O)NC(=O)C2)cc1. The smallest absolute Gasteiger partial charge is 0.347 e. The first-order valence-electron chi connectivity index (χ1n) is 6.25. The molecule has 0 bridgehead atoms. The average molecular weight is 273 g/mol. The molecule has 1 aliphatic rings. The molecule has 0 aliphatic carbocycles. The predicted molar refractivity (Wildman–Crippen MR) is 73.2 cm³/mol. The lowest BCUT2D eigenvalue weighted by atomic mass is 10.1. The fourth-order valence-electron chi connectivity index (χ4n) is 1.82. The van der Waals surface area contributed by atoms with Crippen LogP contribution in [0, 0.1) is 6.92 Å². The van der Waals surface area contributed by atoms with Crippen LogP contribution in [0.4, 0.5) is 4.79 Å². The van der Waals surface area contributed by atoms with Crippen molar-refractivity contribution in [3.05, 3.63) is 35.4 Å². The van der Waals surface area contributed by atoms with Crippen molar-refractivity contribution in [2.45, 2.75) is 26.3 Å². The number of rotatable bonds is 4.